The number of fused-ring (bicyclic) bond motifs is 1. The Hall–Kier alpha value is -2.84. The molecule has 2 nitrogen and oxygen atoms in total. The standard InChI is InChI=1S/C25H26N2/c1-3-10-21(11-4-1)19-27(20-22-12-5-2-6-13-22)17-9-14-23-18-26-25-16-8-7-15-24(23)25/h1-8,10-13,15-16,18,26H,9,14,17,19-20H2. The van der Waals surface area contributed by atoms with Crippen LogP contribution < -0.4 is 0 Å². The normalized spacial score (nSPS) is 11.3. The summed E-state index contributed by atoms with van der Waals surface area (Å²) in [7, 11) is 0. The summed E-state index contributed by atoms with van der Waals surface area (Å²) in [6.45, 7) is 3.07. The molecule has 0 aliphatic carbocycles. The number of H-pyrrole nitrogens is 1. The predicted octanol–water partition coefficient (Wildman–Crippen LogP) is 5.80. The number of para-hydroxylation sites is 1. The van der Waals surface area contributed by atoms with Gasteiger partial charge in [0.2, 0.25) is 0 Å². The number of hydrogen-bond donors (Lipinski definition) is 1. The second-order valence-electron chi connectivity index (χ2n) is 7.14. The van der Waals surface area contributed by atoms with Crippen LogP contribution in [0.4, 0.5) is 0 Å². The van der Waals surface area contributed by atoms with Crippen LogP contribution in [0.1, 0.15) is 23.1 Å². The van der Waals surface area contributed by atoms with E-state index in [1.807, 2.05) is 0 Å². The monoisotopic (exact) mass is 354 g/mol. The first kappa shape index (κ1) is 17.6. The van der Waals surface area contributed by atoms with Crippen LogP contribution in [0.25, 0.3) is 10.9 Å². The fourth-order valence-corrected chi connectivity index (χ4v) is 3.73. The van der Waals surface area contributed by atoms with Gasteiger partial charge in [0.1, 0.15) is 0 Å². The van der Waals surface area contributed by atoms with E-state index in [0.29, 0.717) is 0 Å². The SMILES string of the molecule is c1ccc(CN(CCCc2c[nH]c3ccccc23)Cc2ccccc2)cc1. The van der Waals surface area contributed by atoms with Gasteiger partial charge in [-0.15, -0.1) is 0 Å². The van der Waals surface area contributed by atoms with Crippen LogP contribution >= 0.6 is 0 Å². The lowest BCUT2D eigenvalue weighted by Crippen LogP contribution is -2.24. The molecular weight excluding hydrogens is 328 g/mol. The van der Waals surface area contributed by atoms with Crippen molar-refractivity contribution in [1.82, 2.24) is 9.88 Å². The molecular formula is C25H26N2. The Labute approximate surface area is 161 Å². The highest BCUT2D eigenvalue weighted by molar-refractivity contribution is 5.82. The number of benzene rings is 3. The van der Waals surface area contributed by atoms with Gasteiger partial charge in [0.05, 0.1) is 0 Å². The lowest BCUT2D eigenvalue weighted by molar-refractivity contribution is 0.253. The molecule has 2 heteroatoms. The first-order chi connectivity index (χ1) is 13.4. The molecule has 4 rings (SSSR count). The van der Waals surface area contributed by atoms with Crippen LogP contribution in [0, 0.1) is 0 Å². The van der Waals surface area contributed by atoms with Crippen molar-refractivity contribution in [3.05, 3.63) is 108 Å². The number of nitrogens with zero attached hydrogens (tertiary/aromatic N) is 1. The topological polar surface area (TPSA) is 19.0 Å². The highest BCUT2D eigenvalue weighted by Crippen LogP contribution is 2.19. The molecule has 1 N–H and O–H groups in total. The van der Waals surface area contributed by atoms with Crippen molar-refractivity contribution >= 4 is 10.9 Å². The van der Waals surface area contributed by atoms with Crippen LogP contribution in [0.5, 0.6) is 0 Å². The second kappa shape index (κ2) is 8.70. The molecule has 0 saturated carbocycles. The maximum absolute atomic E-state index is 3.39. The van der Waals surface area contributed by atoms with Crippen LogP contribution in [0.3, 0.4) is 0 Å². The Bertz CT molecular complexity index is 916. The van der Waals surface area contributed by atoms with Crippen molar-refractivity contribution in [3.63, 3.8) is 0 Å². The molecule has 0 amide bonds. The van der Waals surface area contributed by atoms with Crippen molar-refractivity contribution in [1.29, 1.82) is 0 Å². The molecule has 136 valence electrons. The average Bonchev–Trinajstić information content (AvgIpc) is 3.13. The lowest BCUT2D eigenvalue weighted by atomic mass is 10.1. The number of hydrogen-bond acceptors (Lipinski definition) is 1. The minimum atomic E-state index is 0.990. The van der Waals surface area contributed by atoms with Gasteiger partial charge in [0.25, 0.3) is 0 Å². The zero-order valence-electron chi connectivity index (χ0n) is 15.6. The summed E-state index contributed by atoms with van der Waals surface area (Å²) >= 11 is 0. The van der Waals surface area contributed by atoms with Gasteiger partial charge < -0.3 is 4.98 Å². The van der Waals surface area contributed by atoms with Crippen molar-refractivity contribution in [2.24, 2.45) is 0 Å². The zero-order chi connectivity index (χ0) is 18.3. The van der Waals surface area contributed by atoms with E-state index in [9.17, 15) is 0 Å². The number of nitrogens with one attached hydrogen (secondary N) is 1. The highest BCUT2D eigenvalue weighted by Gasteiger charge is 2.09. The van der Waals surface area contributed by atoms with E-state index in [1.54, 1.807) is 0 Å². The summed E-state index contributed by atoms with van der Waals surface area (Å²) in [4.78, 5) is 5.95. The van der Waals surface area contributed by atoms with Gasteiger partial charge in [-0.1, -0.05) is 78.9 Å². The molecule has 0 radical (unpaired) electrons. The lowest BCUT2D eigenvalue weighted by Gasteiger charge is -2.22. The summed E-state index contributed by atoms with van der Waals surface area (Å²) < 4.78 is 0. The Balaban J connectivity index is 1.42. The third-order valence-electron chi connectivity index (χ3n) is 5.09. The van der Waals surface area contributed by atoms with Crippen LogP contribution in [0.15, 0.2) is 91.1 Å². The molecule has 0 saturated heterocycles. The summed E-state index contributed by atoms with van der Waals surface area (Å²) in [5.41, 5.74) is 5.41. The minimum absolute atomic E-state index is 0.990. The first-order valence-electron chi connectivity index (χ1n) is 9.74. The molecule has 0 atom stereocenters. The highest BCUT2D eigenvalue weighted by atomic mass is 15.1. The molecule has 1 heterocycles. The van der Waals surface area contributed by atoms with Gasteiger partial charge in [-0.3, -0.25) is 4.90 Å². The third-order valence-corrected chi connectivity index (χ3v) is 5.09. The van der Waals surface area contributed by atoms with E-state index in [-0.39, 0.29) is 0 Å². The molecule has 0 aliphatic heterocycles. The Morgan fingerprint density at radius 2 is 1.26 bits per heavy atom. The maximum Gasteiger partial charge on any atom is 0.0456 e. The van der Waals surface area contributed by atoms with Gasteiger partial charge in [-0.25, -0.2) is 0 Å². The van der Waals surface area contributed by atoms with Gasteiger partial charge in [0.15, 0.2) is 0 Å². The summed E-state index contributed by atoms with van der Waals surface area (Å²) in [6, 6.07) is 30.1. The van der Waals surface area contributed by atoms with Crippen molar-refractivity contribution in [2.45, 2.75) is 25.9 Å². The number of aryl methyl sites for hydroxylation is 1. The van der Waals surface area contributed by atoms with Crippen molar-refractivity contribution in [3.8, 4) is 0 Å². The number of rotatable bonds is 8. The summed E-state index contributed by atoms with van der Waals surface area (Å²) in [6.07, 6.45) is 4.43. The maximum atomic E-state index is 3.39. The van der Waals surface area contributed by atoms with Gasteiger partial charge >= 0.3 is 0 Å². The van der Waals surface area contributed by atoms with E-state index in [4.69, 9.17) is 0 Å². The predicted molar refractivity (Wildman–Crippen MR) is 114 cm³/mol. The zero-order valence-corrected chi connectivity index (χ0v) is 15.6. The molecule has 27 heavy (non-hydrogen) atoms. The molecule has 0 fully saturated rings. The van der Waals surface area contributed by atoms with E-state index >= 15 is 0 Å². The van der Waals surface area contributed by atoms with Crippen LogP contribution in [-0.2, 0) is 19.5 Å². The largest absolute Gasteiger partial charge is 0.361 e. The number of aromatic amines is 1. The molecule has 0 aliphatic rings. The van der Waals surface area contributed by atoms with Crippen molar-refractivity contribution < 1.29 is 0 Å². The molecule has 4 aromatic rings. The molecule has 1 aromatic heterocycles. The fourth-order valence-electron chi connectivity index (χ4n) is 3.73. The van der Waals surface area contributed by atoms with E-state index in [1.165, 1.54) is 27.6 Å². The minimum Gasteiger partial charge on any atom is -0.361 e. The fraction of sp³-hybridized carbons (Fsp3) is 0.200. The summed E-state index contributed by atoms with van der Waals surface area (Å²) in [5, 5.41) is 1.36. The first-order valence-corrected chi connectivity index (χ1v) is 9.74. The molecule has 0 bridgehead atoms. The van der Waals surface area contributed by atoms with E-state index in [0.717, 1.165) is 32.5 Å². The quantitative estimate of drug-likeness (QED) is 0.423. The van der Waals surface area contributed by atoms with Gasteiger partial charge in [0, 0.05) is 30.2 Å². The summed E-state index contributed by atoms with van der Waals surface area (Å²) in [5.74, 6) is 0. The molecule has 3 aromatic carbocycles. The Kier molecular flexibility index (Phi) is 5.66. The third kappa shape index (κ3) is 4.66. The Morgan fingerprint density at radius 1 is 0.667 bits per heavy atom. The van der Waals surface area contributed by atoms with Gasteiger partial charge in [-0.2, -0.15) is 0 Å². The second-order valence-corrected chi connectivity index (χ2v) is 7.14. The Morgan fingerprint density at radius 3 is 1.93 bits per heavy atom. The molecule has 0 unspecified atom stereocenters. The van der Waals surface area contributed by atoms with Crippen molar-refractivity contribution in [2.75, 3.05) is 6.54 Å². The smallest absolute Gasteiger partial charge is 0.0456 e. The molecule has 0 spiro atoms. The van der Waals surface area contributed by atoms with Crippen LogP contribution in [0.2, 0.25) is 0 Å². The number of aromatic nitrogens is 1. The average molecular weight is 354 g/mol. The van der Waals surface area contributed by atoms with Crippen LogP contribution in [-0.4, -0.2) is 16.4 Å². The van der Waals surface area contributed by atoms with E-state index in [2.05, 4.69) is 101 Å². The van der Waals surface area contributed by atoms with Gasteiger partial charge in [-0.05, 0) is 42.1 Å². The van der Waals surface area contributed by atoms with E-state index < -0.39 is 0 Å².